The third kappa shape index (κ3) is 2.61. The van der Waals surface area contributed by atoms with Gasteiger partial charge < -0.3 is 24.8 Å². The number of ether oxygens (including phenoxy) is 3. The molecule has 128 valence electrons. The Morgan fingerprint density at radius 3 is 3.00 bits per heavy atom. The SMILES string of the molecule is C[C@]1(C(=O)NCc2ccc3c(c2)OCO3)Oc2cccnc2NC1=O. The third-order valence-electron chi connectivity index (χ3n) is 4.07. The summed E-state index contributed by atoms with van der Waals surface area (Å²) < 4.78 is 16.2. The van der Waals surface area contributed by atoms with Gasteiger partial charge >= 0.3 is 0 Å². The summed E-state index contributed by atoms with van der Waals surface area (Å²) in [6, 6.07) is 8.69. The van der Waals surface area contributed by atoms with Gasteiger partial charge in [-0.25, -0.2) is 4.98 Å². The lowest BCUT2D eigenvalue weighted by molar-refractivity contribution is -0.146. The first-order valence-electron chi connectivity index (χ1n) is 7.68. The Labute approximate surface area is 143 Å². The summed E-state index contributed by atoms with van der Waals surface area (Å²) in [7, 11) is 0. The Morgan fingerprint density at radius 1 is 1.28 bits per heavy atom. The van der Waals surface area contributed by atoms with E-state index in [0.717, 1.165) is 5.56 Å². The van der Waals surface area contributed by atoms with Gasteiger partial charge in [-0.2, -0.15) is 0 Å². The number of fused-ring (bicyclic) bond motifs is 2. The number of anilines is 1. The second-order valence-corrected chi connectivity index (χ2v) is 5.81. The lowest BCUT2D eigenvalue weighted by Gasteiger charge is -2.32. The first kappa shape index (κ1) is 15.3. The highest BCUT2D eigenvalue weighted by molar-refractivity contribution is 6.15. The number of carbonyl (C=O) groups excluding carboxylic acids is 2. The van der Waals surface area contributed by atoms with E-state index in [0.29, 0.717) is 23.1 Å². The molecule has 0 saturated heterocycles. The number of pyridine rings is 1. The normalized spacial score (nSPS) is 20.3. The van der Waals surface area contributed by atoms with Gasteiger partial charge in [-0.15, -0.1) is 0 Å². The summed E-state index contributed by atoms with van der Waals surface area (Å²) in [5.74, 6) is 0.834. The Morgan fingerprint density at radius 2 is 2.12 bits per heavy atom. The predicted molar refractivity (Wildman–Crippen MR) is 86.3 cm³/mol. The lowest BCUT2D eigenvalue weighted by Crippen LogP contribution is -2.58. The van der Waals surface area contributed by atoms with Crippen LogP contribution in [0.3, 0.4) is 0 Å². The number of hydrogen-bond acceptors (Lipinski definition) is 6. The third-order valence-corrected chi connectivity index (χ3v) is 4.07. The minimum absolute atomic E-state index is 0.185. The molecule has 0 radical (unpaired) electrons. The van der Waals surface area contributed by atoms with Crippen molar-refractivity contribution < 1.29 is 23.8 Å². The van der Waals surface area contributed by atoms with Crippen molar-refractivity contribution in [1.29, 1.82) is 0 Å². The standard InChI is InChI=1S/C17H15N3O5/c1-17(16(22)20-14-12(25-17)3-2-6-18-14)15(21)19-8-10-4-5-11-13(7-10)24-9-23-11/h2-7H,8-9H2,1H3,(H,19,21)(H,18,20,22)/t17-/m1/s1. The zero-order valence-corrected chi connectivity index (χ0v) is 13.4. The average molecular weight is 341 g/mol. The van der Waals surface area contributed by atoms with Crippen LogP contribution < -0.4 is 24.8 Å². The molecule has 1 aromatic carbocycles. The van der Waals surface area contributed by atoms with Crippen LogP contribution in [0.25, 0.3) is 0 Å². The summed E-state index contributed by atoms with van der Waals surface area (Å²) in [6.45, 7) is 1.83. The van der Waals surface area contributed by atoms with E-state index in [-0.39, 0.29) is 13.3 Å². The Bertz CT molecular complexity index is 869. The first-order valence-corrected chi connectivity index (χ1v) is 7.68. The molecule has 0 bridgehead atoms. The number of aromatic nitrogens is 1. The maximum absolute atomic E-state index is 12.6. The Balaban J connectivity index is 1.48. The van der Waals surface area contributed by atoms with Crippen LogP contribution in [0.15, 0.2) is 36.5 Å². The van der Waals surface area contributed by atoms with E-state index in [1.807, 2.05) is 6.07 Å². The summed E-state index contributed by atoms with van der Waals surface area (Å²) in [4.78, 5) is 28.9. The number of hydrogen-bond donors (Lipinski definition) is 2. The van der Waals surface area contributed by atoms with E-state index < -0.39 is 17.4 Å². The molecule has 0 fully saturated rings. The smallest absolute Gasteiger partial charge is 0.279 e. The van der Waals surface area contributed by atoms with E-state index in [9.17, 15) is 9.59 Å². The summed E-state index contributed by atoms with van der Waals surface area (Å²) in [5, 5.41) is 5.31. The Kier molecular flexibility index (Phi) is 3.45. The van der Waals surface area contributed by atoms with Crippen LogP contribution in [0, 0.1) is 0 Å². The fourth-order valence-electron chi connectivity index (χ4n) is 2.61. The molecule has 1 aromatic heterocycles. The van der Waals surface area contributed by atoms with E-state index in [2.05, 4.69) is 15.6 Å². The monoisotopic (exact) mass is 341 g/mol. The van der Waals surface area contributed by atoms with Crippen molar-refractivity contribution in [3.05, 3.63) is 42.1 Å². The molecule has 2 aliphatic rings. The zero-order chi connectivity index (χ0) is 17.4. The van der Waals surface area contributed by atoms with Crippen molar-refractivity contribution >= 4 is 17.6 Å². The minimum atomic E-state index is -1.67. The molecule has 2 aliphatic heterocycles. The van der Waals surface area contributed by atoms with Gasteiger partial charge in [0.15, 0.2) is 23.1 Å². The van der Waals surface area contributed by atoms with Crippen LogP contribution in [-0.4, -0.2) is 29.2 Å². The van der Waals surface area contributed by atoms with Crippen molar-refractivity contribution in [1.82, 2.24) is 10.3 Å². The van der Waals surface area contributed by atoms with Gasteiger partial charge in [-0.05, 0) is 36.8 Å². The fraction of sp³-hybridized carbons (Fsp3) is 0.235. The molecule has 25 heavy (non-hydrogen) atoms. The highest BCUT2D eigenvalue weighted by atomic mass is 16.7. The molecule has 2 amide bonds. The van der Waals surface area contributed by atoms with E-state index in [1.54, 1.807) is 24.3 Å². The quantitative estimate of drug-likeness (QED) is 0.815. The largest absolute Gasteiger partial charge is 0.464 e. The second kappa shape index (κ2) is 5.66. The lowest BCUT2D eigenvalue weighted by atomic mass is 10.0. The van der Waals surface area contributed by atoms with E-state index in [4.69, 9.17) is 14.2 Å². The van der Waals surface area contributed by atoms with Crippen LogP contribution in [0.4, 0.5) is 5.82 Å². The molecule has 4 rings (SSSR count). The maximum atomic E-state index is 12.6. The fourth-order valence-corrected chi connectivity index (χ4v) is 2.61. The zero-order valence-electron chi connectivity index (χ0n) is 13.4. The molecule has 8 heteroatoms. The van der Waals surface area contributed by atoms with Crippen LogP contribution in [0.1, 0.15) is 12.5 Å². The summed E-state index contributed by atoms with van der Waals surface area (Å²) in [5.41, 5.74) is -0.855. The van der Waals surface area contributed by atoms with Gasteiger partial charge in [-0.1, -0.05) is 6.07 Å². The molecule has 3 heterocycles. The molecular formula is C17H15N3O5. The van der Waals surface area contributed by atoms with Crippen LogP contribution >= 0.6 is 0 Å². The average Bonchev–Trinajstić information content (AvgIpc) is 3.08. The van der Waals surface area contributed by atoms with Gasteiger partial charge in [0.25, 0.3) is 17.4 Å². The van der Waals surface area contributed by atoms with Gasteiger partial charge in [-0.3, -0.25) is 9.59 Å². The number of nitrogens with one attached hydrogen (secondary N) is 2. The molecule has 0 saturated carbocycles. The van der Waals surface area contributed by atoms with Gasteiger partial charge in [0.2, 0.25) is 6.79 Å². The molecular weight excluding hydrogens is 326 g/mol. The van der Waals surface area contributed by atoms with Crippen molar-refractivity contribution in [2.75, 3.05) is 12.1 Å². The number of benzene rings is 1. The number of nitrogens with zero attached hydrogens (tertiary/aromatic N) is 1. The van der Waals surface area contributed by atoms with Gasteiger partial charge in [0, 0.05) is 12.7 Å². The number of rotatable bonds is 3. The molecule has 1 atom stereocenters. The highest BCUT2D eigenvalue weighted by Gasteiger charge is 2.47. The van der Waals surface area contributed by atoms with Crippen LogP contribution in [0.5, 0.6) is 17.2 Å². The maximum Gasteiger partial charge on any atom is 0.279 e. The van der Waals surface area contributed by atoms with Crippen molar-refractivity contribution in [2.45, 2.75) is 19.1 Å². The molecule has 0 unspecified atom stereocenters. The second-order valence-electron chi connectivity index (χ2n) is 5.81. The minimum Gasteiger partial charge on any atom is -0.464 e. The molecule has 2 aromatic rings. The van der Waals surface area contributed by atoms with E-state index in [1.165, 1.54) is 13.1 Å². The van der Waals surface area contributed by atoms with Crippen molar-refractivity contribution in [3.63, 3.8) is 0 Å². The number of carbonyl (C=O) groups is 2. The first-order chi connectivity index (χ1) is 12.1. The van der Waals surface area contributed by atoms with Crippen molar-refractivity contribution in [2.24, 2.45) is 0 Å². The number of amides is 2. The molecule has 8 nitrogen and oxygen atoms in total. The topological polar surface area (TPSA) is 98.8 Å². The van der Waals surface area contributed by atoms with Crippen molar-refractivity contribution in [3.8, 4) is 17.2 Å². The summed E-state index contributed by atoms with van der Waals surface area (Å²) in [6.07, 6.45) is 1.53. The van der Waals surface area contributed by atoms with Crippen LogP contribution in [-0.2, 0) is 16.1 Å². The van der Waals surface area contributed by atoms with Gasteiger partial charge in [0.05, 0.1) is 0 Å². The summed E-state index contributed by atoms with van der Waals surface area (Å²) >= 11 is 0. The van der Waals surface area contributed by atoms with E-state index >= 15 is 0 Å². The predicted octanol–water partition coefficient (Wildman–Crippen LogP) is 1.22. The molecule has 2 N–H and O–H groups in total. The van der Waals surface area contributed by atoms with Gasteiger partial charge in [0.1, 0.15) is 0 Å². The Hall–Kier alpha value is -3.29. The highest BCUT2D eigenvalue weighted by Crippen LogP contribution is 2.33. The molecule has 0 spiro atoms. The van der Waals surface area contributed by atoms with Crippen LogP contribution in [0.2, 0.25) is 0 Å². The molecule has 0 aliphatic carbocycles.